The lowest BCUT2D eigenvalue weighted by Crippen LogP contribution is -2.35. The van der Waals surface area contributed by atoms with Crippen LogP contribution in [0.1, 0.15) is 21.6 Å². The summed E-state index contributed by atoms with van der Waals surface area (Å²) in [7, 11) is 0. The molecule has 1 aromatic carbocycles. The second-order valence-electron chi connectivity index (χ2n) is 5.84. The van der Waals surface area contributed by atoms with Crippen molar-refractivity contribution in [2.45, 2.75) is 13.5 Å². The smallest absolute Gasteiger partial charge is 0.257 e. The van der Waals surface area contributed by atoms with Crippen LogP contribution in [-0.2, 0) is 11.3 Å². The minimum Gasteiger partial charge on any atom is -0.379 e. The van der Waals surface area contributed by atoms with Gasteiger partial charge < -0.3 is 10.1 Å². The number of aromatic nitrogens is 1. The van der Waals surface area contributed by atoms with Crippen molar-refractivity contribution < 1.29 is 9.53 Å². The van der Waals surface area contributed by atoms with E-state index in [1.807, 2.05) is 25.1 Å². The molecule has 6 heteroatoms. The number of amides is 1. The van der Waals surface area contributed by atoms with Gasteiger partial charge in [-0.05, 0) is 36.8 Å². The molecule has 0 spiro atoms. The minimum atomic E-state index is -0.195. The molecular formula is C18H20ClN3O2. The zero-order chi connectivity index (χ0) is 16.9. The number of carbonyl (C=O) groups excluding carboxylic acids is 1. The van der Waals surface area contributed by atoms with Gasteiger partial charge in [0.2, 0.25) is 0 Å². The van der Waals surface area contributed by atoms with Crippen molar-refractivity contribution in [3.63, 3.8) is 0 Å². The van der Waals surface area contributed by atoms with Crippen LogP contribution in [0.2, 0.25) is 5.02 Å². The van der Waals surface area contributed by atoms with Crippen molar-refractivity contribution in [1.82, 2.24) is 9.88 Å². The second-order valence-corrected chi connectivity index (χ2v) is 6.24. The molecule has 1 saturated heterocycles. The van der Waals surface area contributed by atoms with Crippen LogP contribution in [0.4, 0.5) is 5.69 Å². The highest BCUT2D eigenvalue weighted by Gasteiger charge is 2.13. The fourth-order valence-corrected chi connectivity index (χ4v) is 2.80. The van der Waals surface area contributed by atoms with E-state index in [-0.39, 0.29) is 5.91 Å². The molecule has 1 fully saturated rings. The number of hydrogen-bond donors (Lipinski definition) is 1. The number of aryl methyl sites for hydroxylation is 1. The van der Waals surface area contributed by atoms with Gasteiger partial charge in [0.1, 0.15) is 0 Å². The highest BCUT2D eigenvalue weighted by Crippen LogP contribution is 2.23. The first kappa shape index (κ1) is 16.9. The molecule has 0 saturated carbocycles. The van der Waals surface area contributed by atoms with E-state index in [1.54, 1.807) is 18.3 Å². The molecule has 0 atom stereocenters. The van der Waals surface area contributed by atoms with Crippen molar-refractivity contribution in [3.8, 4) is 0 Å². The van der Waals surface area contributed by atoms with E-state index >= 15 is 0 Å². The van der Waals surface area contributed by atoms with Gasteiger partial charge in [0.05, 0.1) is 18.8 Å². The van der Waals surface area contributed by atoms with E-state index in [0.717, 1.165) is 44.1 Å². The summed E-state index contributed by atoms with van der Waals surface area (Å²) in [6.07, 6.45) is 1.57. The number of pyridine rings is 1. The van der Waals surface area contributed by atoms with E-state index in [0.29, 0.717) is 16.3 Å². The normalized spacial score (nSPS) is 15.2. The molecule has 0 unspecified atom stereocenters. The molecule has 126 valence electrons. The summed E-state index contributed by atoms with van der Waals surface area (Å²) in [5.41, 5.74) is 3.13. The molecule has 1 aliphatic rings. The summed E-state index contributed by atoms with van der Waals surface area (Å²) in [6, 6.07) is 9.19. The lowest BCUT2D eigenvalue weighted by molar-refractivity contribution is 0.0342. The molecule has 24 heavy (non-hydrogen) atoms. The highest BCUT2D eigenvalue weighted by atomic mass is 35.5. The van der Waals surface area contributed by atoms with E-state index in [1.165, 1.54) is 0 Å². The van der Waals surface area contributed by atoms with Crippen LogP contribution in [0, 0.1) is 6.92 Å². The van der Waals surface area contributed by atoms with Gasteiger partial charge in [-0.1, -0.05) is 17.7 Å². The van der Waals surface area contributed by atoms with E-state index in [2.05, 4.69) is 15.2 Å². The number of benzene rings is 1. The Morgan fingerprint density at radius 1 is 1.29 bits per heavy atom. The third-order valence-electron chi connectivity index (χ3n) is 3.98. The Hall–Kier alpha value is -1.95. The predicted octanol–water partition coefficient (Wildman–Crippen LogP) is 3.13. The first-order valence-electron chi connectivity index (χ1n) is 7.94. The van der Waals surface area contributed by atoms with Crippen LogP contribution in [0.5, 0.6) is 0 Å². The average molecular weight is 346 g/mol. The van der Waals surface area contributed by atoms with Gasteiger partial charge in [-0.2, -0.15) is 0 Å². The zero-order valence-electron chi connectivity index (χ0n) is 13.6. The molecule has 5 nitrogen and oxygen atoms in total. The lowest BCUT2D eigenvalue weighted by atomic mass is 10.1. The molecule has 3 rings (SSSR count). The Bertz CT molecular complexity index is 713. The summed E-state index contributed by atoms with van der Waals surface area (Å²) in [6.45, 7) is 6.02. The number of ether oxygens (including phenoxy) is 1. The summed E-state index contributed by atoms with van der Waals surface area (Å²) in [5.74, 6) is -0.195. The van der Waals surface area contributed by atoms with Crippen molar-refractivity contribution in [3.05, 3.63) is 58.4 Å². The van der Waals surface area contributed by atoms with Crippen molar-refractivity contribution >= 4 is 23.2 Å². The molecule has 0 bridgehead atoms. The van der Waals surface area contributed by atoms with Gasteiger partial charge in [-0.25, -0.2) is 0 Å². The zero-order valence-corrected chi connectivity index (χ0v) is 14.3. The third-order valence-corrected chi connectivity index (χ3v) is 4.33. The van der Waals surface area contributed by atoms with Crippen molar-refractivity contribution in [1.29, 1.82) is 0 Å². The maximum absolute atomic E-state index is 12.2. The number of halogens is 1. The monoisotopic (exact) mass is 345 g/mol. The fraction of sp³-hybridized carbons (Fsp3) is 0.333. The summed E-state index contributed by atoms with van der Waals surface area (Å²) >= 11 is 6.38. The van der Waals surface area contributed by atoms with Crippen LogP contribution in [-0.4, -0.2) is 42.1 Å². The average Bonchev–Trinajstić information content (AvgIpc) is 2.59. The number of anilines is 1. The Labute approximate surface area is 146 Å². The Morgan fingerprint density at radius 3 is 2.75 bits per heavy atom. The molecule has 0 aliphatic carbocycles. The second kappa shape index (κ2) is 7.75. The third kappa shape index (κ3) is 4.32. The van der Waals surface area contributed by atoms with Crippen LogP contribution < -0.4 is 5.32 Å². The first-order valence-corrected chi connectivity index (χ1v) is 8.32. The molecular weight excluding hydrogens is 326 g/mol. The Balaban J connectivity index is 1.65. The van der Waals surface area contributed by atoms with E-state index in [4.69, 9.17) is 16.3 Å². The first-order chi connectivity index (χ1) is 11.6. The van der Waals surface area contributed by atoms with Crippen molar-refractivity contribution in [2.24, 2.45) is 0 Å². The molecule has 0 radical (unpaired) electrons. The lowest BCUT2D eigenvalue weighted by Gasteiger charge is -2.27. The van der Waals surface area contributed by atoms with Gasteiger partial charge in [0.15, 0.2) is 0 Å². The summed E-state index contributed by atoms with van der Waals surface area (Å²) in [5, 5.41) is 3.51. The number of nitrogens with one attached hydrogen (secondary N) is 1. The van der Waals surface area contributed by atoms with Crippen LogP contribution in [0.15, 0.2) is 36.5 Å². The topological polar surface area (TPSA) is 54.5 Å². The van der Waals surface area contributed by atoms with Gasteiger partial charge in [0.25, 0.3) is 5.91 Å². The standard InChI is InChI=1S/C18H20ClN3O2/c1-13-2-3-14(11-20-13)18(23)21-16-5-4-15(17(19)10-16)12-22-6-8-24-9-7-22/h2-5,10-11H,6-9,12H2,1H3,(H,21,23). The number of rotatable bonds is 4. The Morgan fingerprint density at radius 2 is 2.08 bits per heavy atom. The highest BCUT2D eigenvalue weighted by molar-refractivity contribution is 6.31. The molecule has 1 N–H and O–H groups in total. The number of morpholine rings is 1. The molecule has 1 aromatic heterocycles. The van der Waals surface area contributed by atoms with Gasteiger partial charge in [-0.3, -0.25) is 14.7 Å². The maximum atomic E-state index is 12.2. The molecule has 1 amide bonds. The number of carbonyl (C=O) groups is 1. The van der Waals surface area contributed by atoms with Crippen LogP contribution >= 0.6 is 11.6 Å². The molecule has 2 heterocycles. The SMILES string of the molecule is Cc1ccc(C(=O)Nc2ccc(CN3CCOCC3)c(Cl)c2)cn1. The largest absolute Gasteiger partial charge is 0.379 e. The van der Waals surface area contributed by atoms with Crippen LogP contribution in [0.3, 0.4) is 0 Å². The number of hydrogen-bond acceptors (Lipinski definition) is 4. The molecule has 1 aliphatic heterocycles. The van der Waals surface area contributed by atoms with Gasteiger partial charge in [-0.15, -0.1) is 0 Å². The van der Waals surface area contributed by atoms with Crippen LogP contribution in [0.25, 0.3) is 0 Å². The maximum Gasteiger partial charge on any atom is 0.257 e. The van der Waals surface area contributed by atoms with E-state index in [9.17, 15) is 4.79 Å². The number of nitrogens with zero attached hydrogens (tertiary/aromatic N) is 2. The Kier molecular flexibility index (Phi) is 5.45. The molecule has 2 aromatic rings. The van der Waals surface area contributed by atoms with Gasteiger partial charge in [0, 0.05) is 42.2 Å². The van der Waals surface area contributed by atoms with Crippen molar-refractivity contribution in [2.75, 3.05) is 31.6 Å². The summed E-state index contributed by atoms with van der Waals surface area (Å²) < 4.78 is 5.35. The fourth-order valence-electron chi connectivity index (χ4n) is 2.56. The van der Waals surface area contributed by atoms with E-state index < -0.39 is 0 Å². The van der Waals surface area contributed by atoms with Gasteiger partial charge >= 0.3 is 0 Å². The quantitative estimate of drug-likeness (QED) is 0.925. The predicted molar refractivity (Wildman–Crippen MR) is 94.5 cm³/mol. The summed E-state index contributed by atoms with van der Waals surface area (Å²) in [4.78, 5) is 18.7. The minimum absolute atomic E-state index is 0.195.